The fourth-order valence-electron chi connectivity index (χ4n) is 2.33. The van der Waals surface area contributed by atoms with Crippen molar-refractivity contribution in [2.24, 2.45) is 0 Å². The van der Waals surface area contributed by atoms with Gasteiger partial charge in [0.15, 0.2) is 17.2 Å². The number of hydrogen-bond acceptors (Lipinski definition) is 6. The minimum Gasteiger partial charge on any atom is -0.493 e. The van der Waals surface area contributed by atoms with Crippen LogP contribution in [0.1, 0.15) is 0 Å². The lowest BCUT2D eigenvalue weighted by molar-refractivity contribution is -0.114. The van der Waals surface area contributed by atoms with Crippen molar-refractivity contribution in [3.8, 4) is 11.5 Å². The molecule has 0 unspecified atom stereocenters. The van der Waals surface area contributed by atoms with Gasteiger partial charge in [-0.1, -0.05) is 24.3 Å². The van der Waals surface area contributed by atoms with Crippen LogP contribution in [-0.4, -0.2) is 38.7 Å². The molecule has 0 aromatic heterocycles. The average molecular weight is 367 g/mol. The summed E-state index contributed by atoms with van der Waals surface area (Å²) in [6.45, 7) is 0. The Bertz CT molecular complexity index is 863. The van der Waals surface area contributed by atoms with Crippen LogP contribution in [0, 0.1) is 5.41 Å². The van der Waals surface area contributed by atoms with Gasteiger partial charge in [-0.3, -0.25) is 15.0 Å². The van der Waals surface area contributed by atoms with Crippen molar-refractivity contribution in [1.82, 2.24) is 0 Å². The van der Waals surface area contributed by atoms with Gasteiger partial charge in [-0.2, -0.15) is 0 Å². The maximum atomic E-state index is 12.3. The highest BCUT2D eigenvalue weighted by atomic mass is 16.5. The molecular weight excluding hydrogens is 346 g/mol. The maximum Gasteiger partial charge on any atom is 0.279 e. The molecule has 2 N–H and O–H groups in total. The summed E-state index contributed by atoms with van der Waals surface area (Å²) in [4.78, 5) is 25.7. The fourth-order valence-corrected chi connectivity index (χ4v) is 2.33. The Labute approximate surface area is 157 Å². The van der Waals surface area contributed by atoms with Crippen molar-refractivity contribution >= 4 is 28.8 Å². The third-order valence-electron chi connectivity index (χ3n) is 3.78. The molecule has 0 bridgehead atoms. The van der Waals surface area contributed by atoms with Crippen molar-refractivity contribution in [2.45, 2.75) is 0 Å². The SMILES string of the molecule is COc1cccc(N/C=C\C(=O)C(=N)C(=O)N(C)c2ccccc2)c1OC. The van der Waals surface area contributed by atoms with Gasteiger partial charge in [0, 0.05) is 25.0 Å². The normalized spacial score (nSPS) is 10.3. The van der Waals surface area contributed by atoms with Crippen LogP contribution in [0.25, 0.3) is 0 Å². The van der Waals surface area contributed by atoms with Crippen LogP contribution >= 0.6 is 0 Å². The Morgan fingerprint density at radius 1 is 1.04 bits per heavy atom. The Balaban J connectivity index is 2.04. The van der Waals surface area contributed by atoms with E-state index in [9.17, 15) is 9.59 Å². The summed E-state index contributed by atoms with van der Waals surface area (Å²) in [6, 6.07) is 14.1. The van der Waals surface area contributed by atoms with E-state index in [1.54, 1.807) is 42.5 Å². The number of rotatable bonds is 8. The van der Waals surface area contributed by atoms with Crippen LogP contribution in [0.5, 0.6) is 11.5 Å². The number of ketones is 1. The zero-order valence-corrected chi connectivity index (χ0v) is 15.4. The second-order valence-corrected chi connectivity index (χ2v) is 5.46. The molecule has 7 nitrogen and oxygen atoms in total. The summed E-state index contributed by atoms with van der Waals surface area (Å²) in [6.07, 6.45) is 2.47. The number of ether oxygens (including phenoxy) is 2. The van der Waals surface area contributed by atoms with Crippen LogP contribution < -0.4 is 19.7 Å². The van der Waals surface area contributed by atoms with E-state index in [-0.39, 0.29) is 0 Å². The van der Waals surface area contributed by atoms with Gasteiger partial charge >= 0.3 is 0 Å². The predicted molar refractivity (Wildman–Crippen MR) is 105 cm³/mol. The maximum absolute atomic E-state index is 12.3. The number of nitrogens with one attached hydrogen (secondary N) is 2. The molecule has 140 valence electrons. The Kier molecular flexibility index (Phi) is 6.71. The molecule has 0 saturated carbocycles. The zero-order valence-electron chi connectivity index (χ0n) is 15.4. The summed E-state index contributed by atoms with van der Waals surface area (Å²) in [5.74, 6) is -0.381. The van der Waals surface area contributed by atoms with Gasteiger partial charge < -0.3 is 19.7 Å². The first kappa shape index (κ1) is 19.7. The van der Waals surface area contributed by atoms with Gasteiger partial charge in [0.05, 0.1) is 19.9 Å². The molecule has 0 saturated heterocycles. The van der Waals surface area contributed by atoms with E-state index in [2.05, 4.69) is 5.32 Å². The molecule has 0 aliphatic carbocycles. The monoisotopic (exact) mass is 367 g/mol. The van der Waals surface area contributed by atoms with E-state index >= 15 is 0 Å². The second kappa shape index (κ2) is 9.19. The lowest BCUT2D eigenvalue weighted by Crippen LogP contribution is -2.36. The highest BCUT2D eigenvalue weighted by molar-refractivity contribution is 6.68. The topological polar surface area (TPSA) is 91.7 Å². The van der Waals surface area contributed by atoms with E-state index < -0.39 is 17.4 Å². The van der Waals surface area contributed by atoms with Crippen LogP contribution in [0.2, 0.25) is 0 Å². The Hall–Kier alpha value is -3.61. The number of carbonyl (C=O) groups is 2. The van der Waals surface area contributed by atoms with Gasteiger partial charge in [-0.25, -0.2) is 0 Å². The number of methoxy groups -OCH3 is 2. The number of para-hydroxylation sites is 2. The number of hydrogen-bond donors (Lipinski definition) is 2. The van der Waals surface area contributed by atoms with Crippen LogP contribution in [0.15, 0.2) is 60.8 Å². The van der Waals surface area contributed by atoms with Gasteiger partial charge in [0.2, 0.25) is 5.78 Å². The van der Waals surface area contributed by atoms with Crippen molar-refractivity contribution in [3.05, 3.63) is 60.8 Å². The molecule has 0 radical (unpaired) electrons. The molecule has 0 fully saturated rings. The number of carbonyl (C=O) groups excluding carboxylic acids is 2. The van der Waals surface area contributed by atoms with E-state index in [0.29, 0.717) is 22.9 Å². The van der Waals surface area contributed by atoms with Crippen LogP contribution in [-0.2, 0) is 9.59 Å². The number of amides is 1. The number of anilines is 2. The van der Waals surface area contributed by atoms with E-state index in [1.165, 1.54) is 32.4 Å². The highest BCUT2D eigenvalue weighted by Gasteiger charge is 2.21. The molecule has 7 heteroatoms. The Morgan fingerprint density at radius 3 is 2.37 bits per heavy atom. The van der Waals surface area contributed by atoms with E-state index in [1.807, 2.05) is 6.07 Å². The highest BCUT2D eigenvalue weighted by Crippen LogP contribution is 2.34. The summed E-state index contributed by atoms with van der Waals surface area (Å²) in [7, 11) is 4.55. The largest absolute Gasteiger partial charge is 0.493 e. The lowest BCUT2D eigenvalue weighted by Gasteiger charge is -2.16. The fraction of sp³-hybridized carbons (Fsp3) is 0.150. The van der Waals surface area contributed by atoms with Gasteiger partial charge in [0.1, 0.15) is 0 Å². The van der Waals surface area contributed by atoms with Crippen molar-refractivity contribution in [2.75, 3.05) is 31.5 Å². The molecule has 0 heterocycles. The molecule has 0 aliphatic rings. The molecule has 0 aliphatic heterocycles. The summed E-state index contributed by atoms with van der Waals surface area (Å²) in [5, 5.41) is 10.7. The van der Waals surface area contributed by atoms with Gasteiger partial charge in [-0.15, -0.1) is 0 Å². The average Bonchev–Trinajstić information content (AvgIpc) is 2.72. The smallest absolute Gasteiger partial charge is 0.279 e. The minimum absolute atomic E-state index is 0.479. The minimum atomic E-state index is -0.711. The predicted octanol–water partition coefficient (Wildman–Crippen LogP) is 2.88. The number of allylic oxidation sites excluding steroid dienone is 1. The molecule has 1 amide bonds. The molecule has 0 spiro atoms. The molecule has 27 heavy (non-hydrogen) atoms. The standard InChI is InChI=1S/C20H21N3O4/c1-23(14-8-5-4-6-9-14)20(25)18(21)16(24)12-13-22-15-10-7-11-17(26-2)19(15)27-3/h4-13,21-22H,1-3H3/b13-12-,21-18?. The lowest BCUT2D eigenvalue weighted by atomic mass is 10.2. The zero-order chi connectivity index (χ0) is 19.8. The summed E-state index contributed by atoms with van der Waals surface area (Å²) < 4.78 is 10.5. The first-order valence-corrected chi connectivity index (χ1v) is 8.09. The first-order valence-electron chi connectivity index (χ1n) is 8.09. The molecular formula is C20H21N3O4. The molecule has 2 rings (SSSR count). The Morgan fingerprint density at radius 2 is 1.74 bits per heavy atom. The summed E-state index contributed by atoms with van der Waals surface area (Å²) >= 11 is 0. The number of benzene rings is 2. The van der Waals surface area contributed by atoms with Crippen LogP contribution in [0.4, 0.5) is 11.4 Å². The third kappa shape index (κ3) is 4.72. The van der Waals surface area contributed by atoms with Crippen LogP contribution in [0.3, 0.4) is 0 Å². The molecule has 2 aromatic rings. The molecule has 2 aromatic carbocycles. The summed E-state index contributed by atoms with van der Waals surface area (Å²) in [5.41, 5.74) is 0.556. The van der Waals surface area contributed by atoms with Crippen molar-refractivity contribution < 1.29 is 19.1 Å². The van der Waals surface area contributed by atoms with Crippen molar-refractivity contribution in [3.63, 3.8) is 0 Å². The van der Waals surface area contributed by atoms with Gasteiger partial charge in [0.25, 0.3) is 5.91 Å². The molecule has 0 atom stereocenters. The number of nitrogens with zero attached hydrogens (tertiary/aromatic N) is 1. The van der Waals surface area contributed by atoms with Gasteiger partial charge in [-0.05, 0) is 24.3 Å². The third-order valence-corrected chi connectivity index (χ3v) is 3.78. The quantitative estimate of drug-likeness (QED) is 0.425. The van der Waals surface area contributed by atoms with E-state index in [4.69, 9.17) is 14.9 Å². The van der Waals surface area contributed by atoms with E-state index in [0.717, 1.165) is 6.08 Å². The second-order valence-electron chi connectivity index (χ2n) is 5.46. The van der Waals surface area contributed by atoms with Crippen molar-refractivity contribution in [1.29, 1.82) is 5.41 Å². The first-order chi connectivity index (χ1) is 13.0.